The van der Waals surface area contributed by atoms with Gasteiger partial charge >= 0.3 is 0 Å². The van der Waals surface area contributed by atoms with Crippen molar-refractivity contribution in [2.24, 2.45) is 0 Å². The Labute approximate surface area is 134 Å². The molecule has 3 aromatic rings. The number of benzene rings is 2. The highest BCUT2D eigenvalue weighted by Gasteiger charge is 2.05. The van der Waals surface area contributed by atoms with Gasteiger partial charge in [-0.3, -0.25) is 4.98 Å². The lowest BCUT2D eigenvalue weighted by Gasteiger charge is -2.08. The van der Waals surface area contributed by atoms with Gasteiger partial charge in [0, 0.05) is 22.1 Å². The molecule has 0 saturated carbocycles. The molecule has 0 amide bonds. The number of halogens is 2. The zero-order chi connectivity index (χ0) is 13.9. The van der Waals surface area contributed by atoms with Crippen LogP contribution in [0.15, 0.2) is 63.7 Å². The van der Waals surface area contributed by atoms with Crippen molar-refractivity contribution in [1.82, 2.24) is 4.98 Å². The lowest BCUT2D eigenvalue weighted by molar-refractivity contribution is 0.306. The molecule has 0 unspecified atom stereocenters. The number of pyridine rings is 1. The summed E-state index contributed by atoms with van der Waals surface area (Å²) >= 11 is 7.01. The van der Waals surface area contributed by atoms with Gasteiger partial charge in [-0.25, -0.2) is 0 Å². The van der Waals surface area contributed by atoms with Gasteiger partial charge in [-0.15, -0.1) is 0 Å². The van der Waals surface area contributed by atoms with E-state index in [2.05, 4.69) is 36.8 Å². The van der Waals surface area contributed by atoms with Gasteiger partial charge in [-0.05, 0) is 49.6 Å². The Kier molecular flexibility index (Phi) is 4.03. The van der Waals surface area contributed by atoms with Gasteiger partial charge < -0.3 is 4.74 Å². The van der Waals surface area contributed by atoms with E-state index in [0.29, 0.717) is 6.61 Å². The summed E-state index contributed by atoms with van der Waals surface area (Å²) in [5, 5.41) is 1.06. The molecular weight excluding hydrogens is 382 g/mol. The van der Waals surface area contributed by atoms with Crippen LogP contribution in [0.1, 0.15) is 5.56 Å². The van der Waals surface area contributed by atoms with Crippen molar-refractivity contribution >= 4 is 42.8 Å². The van der Waals surface area contributed by atoms with Crippen LogP contribution in [0.2, 0.25) is 0 Å². The summed E-state index contributed by atoms with van der Waals surface area (Å²) < 4.78 is 7.76. The van der Waals surface area contributed by atoms with E-state index in [9.17, 15) is 0 Å². The van der Waals surface area contributed by atoms with Crippen LogP contribution >= 0.6 is 31.9 Å². The molecule has 0 bridgehead atoms. The molecular formula is C16H11Br2NO. The lowest BCUT2D eigenvalue weighted by atomic mass is 10.2. The van der Waals surface area contributed by atoms with Crippen molar-refractivity contribution in [3.63, 3.8) is 0 Å². The highest BCUT2D eigenvalue weighted by molar-refractivity contribution is 9.13. The van der Waals surface area contributed by atoms with Crippen molar-refractivity contribution in [3.05, 3.63) is 69.2 Å². The number of ether oxygens (including phenoxy) is 1. The molecule has 0 N–H and O–H groups in total. The van der Waals surface area contributed by atoms with Crippen LogP contribution in [0, 0.1) is 0 Å². The van der Waals surface area contributed by atoms with Crippen LogP contribution < -0.4 is 4.74 Å². The fourth-order valence-electron chi connectivity index (χ4n) is 1.95. The van der Waals surface area contributed by atoms with E-state index in [1.807, 2.05) is 48.5 Å². The maximum absolute atomic E-state index is 5.80. The number of hydrogen-bond acceptors (Lipinski definition) is 2. The molecule has 1 aromatic heterocycles. The van der Waals surface area contributed by atoms with E-state index >= 15 is 0 Å². The third-order valence-electron chi connectivity index (χ3n) is 2.98. The molecule has 3 rings (SSSR count). The van der Waals surface area contributed by atoms with Gasteiger partial charge in [0.15, 0.2) is 0 Å². The second kappa shape index (κ2) is 5.94. The zero-order valence-electron chi connectivity index (χ0n) is 10.5. The highest BCUT2D eigenvalue weighted by Crippen LogP contribution is 2.31. The Balaban J connectivity index is 1.85. The van der Waals surface area contributed by atoms with Crippen LogP contribution in [0.3, 0.4) is 0 Å². The van der Waals surface area contributed by atoms with Crippen LogP contribution in [-0.2, 0) is 6.61 Å². The number of nitrogens with zero attached hydrogens (tertiary/aromatic N) is 1. The fraction of sp³-hybridized carbons (Fsp3) is 0.0625. The summed E-state index contributed by atoms with van der Waals surface area (Å²) in [5.74, 6) is 0.822. The summed E-state index contributed by atoms with van der Waals surface area (Å²) in [7, 11) is 0. The van der Waals surface area contributed by atoms with Crippen LogP contribution in [0.5, 0.6) is 5.75 Å². The second-order valence-corrected chi connectivity index (χ2v) is 6.02. The molecule has 2 aromatic carbocycles. The van der Waals surface area contributed by atoms with Gasteiger partial charge in [-0.2, -0.15) is 0 Å². The Hall–Kier alpha value is -1.39. The first-order valence-corrected chi connectivity index (χ1v) is 7.73. The van der Waals surface area contributed by atoms with E-state index in [4.69, 9.17) is 4.74 Å². The predicted molar refractivity (Wildman–Crippen MR) is 87.9 cm³/mol. The molecule has 1 heterocycles. The number of aromatic nitrogens is 1. The third-order valence-corrected chi connectivity index (χ3v) is 4.97. The van der Waals surface area contributed by atoms with Crippen molar-refractivity contribution in [3.8, 4) is 5.75 Å². The second-order valence-electron chi connectivity index (χ2n) is 4.37. The SMILES string of the molecule is Brc1cnc2cc(OCc3ccccc3)ccc2c1Br. The molecule has 20 heavy (non-hydrogen) atoms. The molecule has 0 aliphatic heterocycles. The smallest absolute Gasteiger partial charge is 0.122 e. The lowest BCUT2D eigenvalue weighted by Crippen LogP contribution is -1.95. The number of rotatable bonds is 3. The third kappa shape index (κ3) is 2.86. The van der Waals surface area contributed by atoms with E-state index in [-0.39, 0.29) is 0 Å². The van der Waals surface area contributed by atoms with Gasteiger partial charge in [0.2, 0.25) is 0 Å². The van der Waals surface area contributed by atoms with E-state index in [1.54, 1.807) is 6.20 Å². The average Bonchev–Trinajstić information content (AvgIpc) is 2.50. The first kappa shape index (κ1) is 13.6. The Morgan fingerprint density at radius 2 is 1.80 bits per heavy atom. The van der Waals surface area contributed by atoms with E-state index in [1.165, 1.54) is 0 Å². The quantitative estimate of drug-likeness (QED) is 0.600. The van der Waals surface area contributed by atoms with Crippen molar-refractivity contribution in [2.45, 2.75) is 6.61 Å². The van der Waals surface area contributed by atoms with Crippen molar-refractivity contribution in [2.75, 3.05) is 0 Å². The summed E-state index contributed by atoms with van der Waals surface area (Å²) in [4.78, 5) is 4.40. The van der Waals surface area contributed by atoms with Gasteiger partial charge in [0.25, 0.3) is 0 Å². The average molecular weight is 393 g/mol. The van der Waals surface area contributed by atoms with Gasteiger partial charge in [0.05, 0.1) is 9.99 Å². The first-order valence-electron chi connectivity index (χ1n) is 6.14. The minimum absolute atomic E-state index is 0.560. The molecule has 100 valence electrons. The minimum Gasteiger partial charge on any atom is -0.489 e. The molecule has 2 nitrogen and oxygen atoms in total. The maximum Gasteiger partial charge on any atom is 0.122 e. The standard InChI is InChI=1S/C16H11Br2NO/c17-14-9-19-15-8-12(6-7-13(15)16(14)18)20-10-11-4-2-1-3-5-11/h1-9H,10H2. The Morgan fingerprint density at radius 1 is 1.00 bits per heavy atom. The van der Waals surface area contributed by atoms with Crippen molar-refractivity contribution < 1.29 is 4.74 Å². The number of hydrogen-bond donors (Lipinski definition) is 0. The predicted octanol–water partition coefficient (Wildman–Crippen LogP) is 5.34. The first-order chi connectivity index (χ1) is 9.74. The van der Waals surface area contributed by atoms with Gasteiger partial charge in [0.1, 0.15) is 12.4 Å². The van der Waals surface area contributed by atoms with Crippen molar-refractivity contribution in [1.29, 1.82) is 0 Å². The zero-order valence-corrected chi connectivity index (χ0v) is 13.7. The summed E-state index contributed by atoms with van der Waals surface area (Å²) in [5.41, 5.74) is 2.06. The summed E-state index contributed by atoms with van der Waals surface area (Å²) in [6, 6.07) is 16.0. The molecule has 0 spiro atoms. The van der Waals surface area contributed by atoms with Crippen LogP contribution in [-0.4, -0.2) is 4.98 Å². The Bertz CT molecular complexity index is 744. The normalized spacial score (nSPS) is 10.7. The maximum atomic E-state index is 5.80. The summed E-state index contributed by atoms with van der Waals surface area (Å²) in [6.07, 6.45) is 1.79. The summed E-state index contributed by atoms with van der Waals surface area (Å²) in [6.45, 7) is 0.560. The topological polar surface area (TPSA) is 22.1 Å². The molecule has 0 atom stereocenters. The molecule has 4 heteroatoms. The monoisotopic (exact) mass is 391 g/mol. The molecule has 0 saturated heterocycles. The molecule has 0 fully saturated rings. The Morgan fingerprint density at radius 3 is 2.60 bits per heavy atom. The minimum atomic E-state index is 0.560. The van der Waals surface area contributed by atoms with E-state index < -0.39 is 0 Å². The van der Waals surface area contributed by atoms with E-state index in [0.717, 1.165) is 31.2 Å². The van der Waals surface area contributed by atoms with Crippen LogP contribution in [0.25, 0.3) is 10.9 Å². The molecule has 0 aliphatic carbocycles. The molecule has 0 radical (unpaired) electrons. The highest BCUT2D eigenvalue weighted by atomic mass is 79.9. The number of fused-ring (bicyclic) bond motifs is 1. The largest absolute Gasteiger partial charge is 0.489 e. The molecule has 0 aliphatic rings. The van der Waals surface area contributed by atoms with Crippen LogP contribution in [0.4, 0.5) is 0 Å². The van der Waals surface area contributed by atoms with Gasteiger partial charge in [-0.1, -0.05) is 30.3 Å². The fourth-order valence-corrected chi connectivity index (χ4v) is 2.70.